The van der Waals surface area contributed by atoms with Gasteiger partial charge in [0, 0.05) is 22.7 Å². The third-order valence-corrected chi connectivity index (χ3v) is 4.69. The van der Waals surface area contributed by atoms with Crippen LogP contribution in [0.2, 0.25) is 0 Å². The fourth-order valence-electron chi connectivity index (χ4n) is 2.58. The van der Waals surface area contributed by atoms with E-state index in [9.17, 15) is 4.79 Å². The van der Waals surface area contributed by atoms with Gasteiger partial charge in [0.15, 0.2) is 0 Å². The van der Waals surface area contributed by atoms with Gasteiger partial charge in [-0.3, -0.25) is 4.79 Å². The number of amides is 1. The maximum absolute atomic E-state index is 12.5. The van der Waals surface area contributed by atoms with Crippen LogP contribution in [0.15, 0.2) is 35.7 Å². The van der Waals surface area contributed by atoms with Gasteiger partial charge in [0.1, 0.15) is 0 Å². The number of rotatable bonds is 1. The van der Waals surface area contributed by atoms with E-state index in [4.69, 9.17) is 5.73 Å². The third kappa shape index (κ3) is 2.12. The zero-order chi connectivity index (χ0) is 13.4. The van der Waals surface area contributed by atoms with Crippen LogP contribution >= 0.6 is 11.3 Å². The first kappa shape index (κ1) is 12.2. The molecule has 0 saturated heterocycles. The molecule has 0 radical (unpaired) electrons. The first-order chi connectivity index (χ1) is 9.16. The first-order valence-electron chi connectivity index (χ1n) is 6.39. The highest BCUT2D eigenvalue weighted by molar-refractivity contribution is 7.10. The Morgan fingerprint density at radius 3 is 2.79 bits per heavy atom. The van der Waals surface area contributed by atoms with Gasteiger partial charge >= 0.3 is 0 Å². The van der Waals surface area contributed by atoms with Gasteiger partial charge in [-0.2, -0.15) is 0 Å². The van der Waals surface area contributed by atoms with E-state index in [1.807, 2.05) is 4.90 Å². The lowest BCUT2D eigenvalue weighted by molar-refractivity contribution is 0.0679. The molecule has 4 heteroatoms. The van der Waals surface area contributed by atoms with Crippen LogP contribution in [0, 0.1) is 0 Å². The molecule has 0 fully saturated rings. The SMILES string of the molecule is CC1c2ccsc2CCN1C(=O)c1ccc(N)cc1. The molecule has 1 unspecified atom stereocenters. The normalized spacial score (nSPS) is 18.2. The molecule has 3 rings (SSSR count). The van der Waals surface area contributed by atoms with Gasteiger partial charge in [-0.25, -0.2) is 0 Å². The molecule has 1 atom stereocenters. The molecule has 19 heavy (non-hydrogen) atoms. The van der Waals surface area contributed by atoms with Crippen LogP contribution in [0.5, 0.6) is 0 Å². The second kappa shape index (κ2) is 4.70. The fourth-order valence-corrected chi connectivity index (χ4v) is 3.54. The maximum atomic E-state index is 12.5. The molecule has 2 aromatic rings. The van der Waals surface area contributed by atoms with Crippen molar-refractivity contribution in [1.82, 2.24) is 4.90 Å². The van der Waals surface area contributed by atoms with Gasteiger partial charge < -0.3 is 10.6 Å². The van der Waals surface area contributed by atoms with E-state index in [-0.39, 0.29) is 11.9 Å². The molecule has 0 aliphatic carbocycles. The van der Waals surface area contributed by atoms with Crippen LogP contribution in [0.4, 0.5) is 5.69 Å². The van der Waals surface area contributed by atoms with Gasteiger partial charge in [-0.15, -0.1) is 11.3 Å². The van der Waals surface area contributed by atoms with Crippen LogP contribution in [-0.4, -0.2) is 17.4 Å². The van der Waals surface area contributed by atoms with Crippen LogP contribution in [-0.2, 0) is 6.42 Å². The minimum atomic E-state index is 0.0874. The number of nitrogen functional groups attached to an aromatic ring is 1. The zero-order valence-corrected chi connectivity index (χ0v) is 11.6. The molecule has 2 heterocycles. The summed E-state index contributed by atoms with van der Waals surface area (Å²) in [5.41, 5.74) is 8.34. The van der Waals surface area contributed by atoms with E-state index in [0.29, 0.717) is 11.3 Å². The van der Waals surface area contributed by atoms with Crippen molar-refractivity contribution in [3.05, 3.63) is 51.7 Å². The summed E-state index contributed by atoms with van der Waals surface area (Å²) in [6, 6.07) is 9.43. The molecular weight excluding hydrogens is 256 g/mol. The van der Waals surface area contributed by atoms with E-state index < -0.39 is 0 Å². The highest BCUT2D eigenvalue weighted by atomic mass is 32.1. The van der Waals surface area contributed by atoms with Gasteiger partial charge in [-0.1, -0.05) is 0 Å². The Hall–Kier alpha value is -1.81. The summed E-state index contributed by atoms with van der Waals surface area (Å²) in [6.45, 7) is 2.89. The number of nitrogens with zero attached hydrogens (tertiary/aromatic N) is 1. The Morgan fingerprint density at radius 2 is 2.05 bits per heavy atom. The number of hydrogen-bond acceptors (Lipinski definition) is 3. The Balaban J connectivity index is 1.87. The van der Waals surface area contributed by atoms with Crippen LogP contribution in [0.1, 0.15) is 33.8 Å². The Kier molecular flexibility index (Phi) is 3.03. The Labute approximate surface area is 116 Å². The number of benzene rings is 1. The molecule has 1 aliphatic rings. The van der Waals surface area contributed by atoms with Crippen molar-refractivity contribution in [2.45, 2.75) is 19.4 Å². The minimum absolute atomic E-state index is 0.0874. The average Bonchev–Trinajstić information content (AvgIpc) is 2.88. The van der Waals surface area contributed by atoms with Crippen LogP contribution in [0.25, 0.3) is 0 Å². The molecule has 1 amide bonds. The standard InChI is InChI=1S/C15H16N2OS/c1-10-13-7-9-19-14(13)6-8-17(10)15(18)11-2-4-12(16)5-3-11/h2-5,7,9-10H,6,8,16H2,1H3. The van der Waals surface area contributed by atoms with Crippen molar-refractivity contribution in [2.75, 3.05) is 12.3 Å². The number of nitrogens with two attached hydrogens (primary N) is 1. The lowest BCUT2D eigenvalue weighted by Crippen LogP contribution is -2.38. The Bertz CT molecular complexity index is 603. The number of anilines is 1. The highest BCUT2D eigenvalue weighted by Gasteiger charge is 2.28. The van der Waals surface area contributed by atoms with Crippen molar-refractivity contribution in [2.24, 2.45) is 0 Å². The second-order valence-corrected chi connectivity index (χ2v) is 5.85. The predicted molar refractivity (Wildman–Crippen MR) is 78.3 cm³/mol. The summed E-state index contributed by atoms with van der Waals surface area (Å²) < 4.78 is 0. The molecule has 3 nitrogen and oxygen atoms in total. The monoisotopic (exact) mass is 272 g/mol. The summed E-state index contributed by atoms with van der Waals surface area (Å²) >= 11 is 1.79. The van der Waals surface area contributed by atoms with Crippen molar-refractivity contribution in [3.8, 4) is 0 Å². The van der Waals surface area contributed by atoms with E-state index >= 15 is 0 Å². The molecule has 1 aromatic carbocycles. The summed E-state index contributed by atoms with van der Waals surface area (Å²) in [5, 5.41) is 2.11. The van der Waals surface area contributed by atoms with Crippen molar-refractivity contribution >= 4 is 22.9 Å². The summed E-state index contributed by atoms with van der Waals surface area (Å²) in [7, 11) is 0. The molecule has 0 spiro atoms. The summed E-state index contributed by atoms with van der Waals surface area (Å²) in [5.74, 6) is 0.0874. The van der Waals surface area contributed by atoms with Crippen LogP contribution in [0.3, 0.4) is 0 Å². The van der Waals surface area contributed by atoms with E-state index in [0.717, 1.165) is 13.0 Å². The second-order valence-electron chi connectivity index (χ2n) is 4.85. The number of hydrogen-bond donors (Lipinski definition) is 1. The maximum Gasteiger partial charge on any atom is 0.254 e. The Morgan fingerprint density at radius 1 is 1.32 bits per heavy atom. The average molecular weight is 272 g/mol. The summed E-state index contributed by atoms with van der Waals surface area (Å²) in [4.78, 5) is 15.9. The number of fused-ring (bicyclic) bond motifs is 1. The largest absolute Gasteiger partial charge is 0.399 e. The topological polar surface area (TPSA) is 46.3 Å². The number of thiophene rings is 1. The van der Waals surface area contributed by atoms with E-state index in [1.54, 1.807) is 35.6 Å². The molecule has 0 bridgehead atoms. The van der Waals surface area contributed by atoms with Crippen molar-refractivity contribution in [1.29, 1.82) is 0 Å². The molecule has 2 N–H and O–H groups in total. The quantitative estimate of drug-likeness (QED) is 0.811. The fraction of sp³-hybridized carbons (Fsp3) is 0.267. The molecule has 1 aliphatic heterocycles. The van der Waals surface area contributed by atoms with E-state index in [2.05, 4.69) is 18.4 Å². The van der Waals surface area contributed by atoms with Crippen molar-refractivity contribution in [3.63, 3.8) is 0 Å². The lowest BCUT2D eigenvalue weighted by atomic mass is 10.0. The van der Waals surface area contributed by atoms with Gasteiger partial charge in [0.05, 0.1) is 6.04 Å². The minimum Gasteiger partial charge on any atom is -0.399 e. The molecular formula is C15H16N2OS. The molecule has 0 saturated carbocycles. The summed E-state index contributed by atoms with van der Waals surface area (Å²) in [6.07, 6.45) is 0.956. The molecule has 1 aromatic heterocycles. The lowest BCUT2D eigenvalue weighted by Gasteiger charge is -2.33. The third-order valence-electron chi connectivity index (χ3n) is 3.70. The molecule has 98 valence electrons. The van der Waals surface area contributed by atoms with E-state index in [1.165, 1.54) is 10.4 Å². The van der Waals surface area contributed by atoms with Gasteiger partial charge in [-0.05, 0) is 54.6 Å². The smallest absolute Gasteiger partial charge is 0.254 e. The number of carbonyl (C=O) groups excluding carboxylic acids is 1. The van der Waals surface area contributed by atoms with Crippen LogP contribution < -0.4 is 5.73 Å². The zero-order valence-electron chi connectivity index (χ0n) is 10.8. The number of carbonyl (C=O) groups is 1. The van der Waals surface area contributed by atoms with Gasteiger partial charge in [0.2, 0.25) is 0 Å². The first-order valence-corrected chi connectivity index (χ1v) is 7.27. The van der Waals surface area contributed by atoms with Crippen molar-refractivity contribution < 1.29 is 4.79 Å². The highest BCUT2D eigenvalue weighted by Crippen LogP contribution is 2.33. The predicted octanol–water partition coefficient (Wildman–Crippen LogP) is 3.09. The van der Waals surface area contributed by atoms with Gasteiger partial charge in [0.25, 0.3) is 5.91 Å².